The van der Waals surface area contributed by atoms with Crippen molar-refractivity contribution < 1.29 is 4.74 Å². The Morgan fingerprint density at radius 3 is 2.48 bits per heavy atom. The van der Waals surface area contributed by atoms with Crippen LogP contribution >= 0.6 is 0 Å². The molecule has 3 aromatic carbocycles. The van der Waals surface area contributed by atoms with Crippen molar-refractivity contribution in [3.05, 3.63) is 99.2 Å². The van der Waals surface area contributed by atoms with Crippen molar-refractivity contribution in [2.24, 2.45) is 0 Å². The van der Waals surface area contributed by atoms with Crippen LogP contribution in [0.25, 0.3) is 16.8 Å². The summed E-state index contributed by atoms with van der Waals surface area (Å²) < 4.78 is 7.64. The monoisotopic (exact) mass is 533 g/mol. The molecule has 6 rings (SSSR count). The maximum atomic E-state index is 5.70. The Labute approximate surface area is 240 Å². The van der Waals surface area contributed by atoms with Gasteiger partial charge in [-0.15, -0.1) is 0 Å². The molecule has 1 aromatic heterocycles. The quantitative estimate of drug-likeness (QED) is 0.253. The average Bonchev–Trinajstić information content (AvgIpc) is 3.55. The van der Waals surface area contributed by atoms with Gasteiger partial charge in [-0.3, -0.25) is 0 Å². The maximum Gasteiger partial charge on any atom is 0.219 e. The average molecular weight is 534 g/mol. The third-order valence-electron chi connectivity index (χ3n) is 9.77. The smallest absolute Gasteiger partial charge is 0.219 e. The van der Waals surface area contributed by atoms with Crippen molar-refractivity contribution in [2.45, 2.75) is 71.6 Å². The molecule has 2 aliphatic rings. The first kappa shape index (κ1) is 26.8. The second-order valence-electron chi connectivity index (χ2n) is 12.2. The van der Waals surface area contributed by atoms with Crippen LogP contribution in [0.2, 0.25) is 0 Å². The van der Waals surface area contributed by atoms with Crippen LogP contribution in [0.1, 0.15) is 75.6 Å². The molecule has 0 spiro atoms. The second kappa shape index (κ2) is 10.9. The summed E-state index contributed by atoms with van der Waals surface area (Å²) in [6, 6.07) is 18.6. The van der Waals surface area contributed by atoms with Crippen LogP contribution in [0.5, 0.6) is 5.88 Å². The van der Waals surface area contributed by atoms with Gasteiger partial charge in [0.25, 0.3) is 0 Å². The van der Waals surface area contributed by atoms with Crippen molar-refractivity contribution in [3.63, 3.8) is 0 Å². The highest BCUT2D eigenvalue weighted by Gasteiger charge is 2.28. The molecule has 2 heterocycles. The van der Waals surface area contributed by atoms with E-state index in [1.807, 2.05) is 17.8 Å². The van der Waals surface area contributed by atoms with Crippen molar-refractivity contribution in [1.29, 1.82) is 0 Å². The third kappa shape index (κ3) is 4.77. The number of aryl methyl sites for hydroxylation is 3. The molecule has 0 N–H and O–H groups in total. The van der Waals surface area contributed by atoms with E-state index in [0.29, 0.717) is 11.8 Å². The minimum Gasteiger partial charge on any atom is -0.481 e. The van der Waals surface area contributed by atoms with Crippen LogP contribution in [0.15, 0.2) is 54.7 Å². The van der Waals surface area contributed by atoms with Crippen LogP contribution in [-0.4, -0.2) is 41.9 Å². The molecule has 1 saturated heterocycles. The highest BCUT2D eigenvalue weighted by atomic mass is 16.5. The number of ether oxygens (including phenoxy) is 1. The Bertz CT molecular complexity index is 1540. The van der Waals surface area contributed by atoms with E-state index < -0.39 is 0 Å². The fraction of sp³-hybridized carbons (Fsp3) is 0.417. The molecular formula is C36H43N3O. The van der Waals surface area contributed by atoms with E-state index in [-0.39, 0.29) is 0 Å². The molecule has 4 nitrogen and oxygen atoms in total. The molecule has 40 heavy (non-hydrogen) atoms. The molecular weight excluding hydrogens is 490 g/mol. The second-order valence-corrected chi connectivity index (χ2v) is 12.2. The standard InChI is InChI=1S/C36H43N3O/c1-23-10-11-30(21-34(23)39-36(40-6)24(2)22-37-39)33-9-7-8-28-12-13-31(35(28)33)20-29-14-15-32(26(4)25(29)3)27-16-18-38(5)19-17-27/h7-11,14-15,21-22,27,31H,12-13,16-20H2,1-6H3. The fourth-order valence-corrected chi connectivity index (χ4v) is 7.23. The van der Waals surface area contributed by atoms with Crippen molar-refractivity contribution in [1.82, 2.24) is 14.7 Å². The van der Waals surface area contributed by atoms with Gasteiger partial charge in [0.15, 0.2) is 0 Å². The molecule has 1 atom stereocenters. The molecule has 208 valence electrons. The first-order valence-electron chi connectivity index (χ1n) is 14.9. The number of likely N-dealkylation sites (tertiary alicyclic amines) is 1. The Morgan fingerprint density at radius 1 is 0.900 bits per heavy atom. The van der Waals surface area contributed by atoms with E-state index in [9.17, 15) is 0 Å². The summed E-state index contributed by atoms with van der Waals surface area (Å²) in [6.07, 6.45) is 7.91. The van der Waals surface area contributed by atoms with Gasteiger partial charge in [0.2, 0.25) is 5.88 Å². The number of methoxy groups -OCH3 is 1. The summed E-state index contributed by atoms with van der Waals surface area (Å²) in [5.41, 5.74) is 15.1. The van der Waals surface area contributed by atoms with Crippen LogP contribution in [0, 0.1) is 27.7 Å². The first-order valence-corrected chi connectivity index (χ1v) is 14.9. The van der Waals surface area contributed by atoms with Crippen LogP contribution in [0.4, 0.5) is 0 Å². The number of nitrogens with zero attached hydrogens (tertiary/aromatic N) is 3. The van der Waals surface area contributed by atoms with Gasteiger partial charge in [-0.25, -0.2) is 4.68 Å². The number of hydrogen-bond acceptors (Lipinski definition) is 3. The number of hydrogen-bond donors (Lipinski definition) is 0. The van der Waals surface area contributed by atoms with Gasteiger partial charge in [0.1, 0.15) is 0 Å². The van der Waals surface area contributed by atoms with Crippen molar-refractivity contribution >= 4 is 0 Å². The molecule has 4 aromatic rings. The molecule has 1 fully saturated rings. The SMILES string of the molecule is COc1c(C)cnn1-c1cc(-c2cccc3c2C(Cc2ccc(C4CCN(C)CC4)c(C)c2C)CC3)ccc1C. The third-order valence-corrected chi connectivity index (χ3v) is 9.77. The minimum atomic E-state index is 0.532. The van der Waals surface area contributed by atoms with Crippen LogP contribution in [-0.2, 0) is 12.8 Å². The summed E-state index contributed by atoms with van der Waals surface area (Å²) >= 11 is 0. The van der Waals surface area contributed by atoms with Gasteiger partial charge in [-0.05, 0) is 148 Å². The first-order chi connectivity index (χ1) is 19.4. The van der Waals surface area contributed by atoms with Gasteiger partial charge in [-0.1, -0.05) is 42.5 Å². The predicted molar refractivity (Wildman–Crippen MR) is 165 cm³/mol. The van der Waals surface area contributed by atoms with Crippen molar-refractivity contribution in [2.75, 3.05) is 27.2 Å². The predicted octanol–water partition coefficient (Wildman–Crippen LogP) is 7.86. The minimum absolute atomic E-state index is 0.532. The lowest BCUT2D eigenvalue weighted by Crippen LogP contribution is -2.29. The fourth-order valence-electron chi connectivity index (χ4n) is 7.23. The zero-order valence-corrected chi connectivity index (χ0v) is 25.1. The zero-order chi connectivity index (χ0) is 28.0. The van der Waals surface area contributed by atoms with E-state index in [4.69, 9.17) is 4.74 Å². The Kier molecular flexibility index (Phi) is 7.31. The molecule has 1 unspecified atom stereocenters. The van der Waals surface area contributed by atoms with E-state index >= 15 is 0 Å². The molecule has 1 aliphatic carbocycles. The topological polar surface area (TPSA) is 30.3 Å². The summed E-state index contributed by atoms with van der Waals surface area (Å²) in [4.78, 5) is 2.46. The molecule has 4 heteroatoms. The largest absolute Gasteiger partial charge is 0.481 e. The summed E-state index contributed by atoms with van der Waals surface area (Å²) in [5.74, 6) is 2.03. The summed E-state index contributed by atoms with van der Waals surface area (Å²) in [7, 11) is 3.97. The lowest BCUT2D eigenvalue weighted by atomic mass is 9.82. The van der Waals surface area contributed by atoms with E-state index in [0.717, 1.165) is 30.0 Å². The van der Waals surface area contributed by atoms with Gasteiger partial charge >= 0.3 is 0 Å². The zero-order valence-electron chi connectivity index (χ0n) is 25.1. The molecule has 0 saturated carbocycles. The maximum absolute atomic E-state index is 5.70. The Balaban J connectivity index is 1.33. The van der Waals surface area contributed by atoms with Crippen LogP contribution in [0.3, 0.4) is 0 Å². The Morgan fingerprint density at radius 2 is 1.70 bits per heavy atom. The van der Waals surface area contributed by atoms with E-state index in [1.54, 1.807) is 12.7 Å². The number of fused-ring (bicyclic) bond motifs is 1. The van der Waals surface area contributed by atoms with Gasteiger partial charge < -0.3 is 9.64 Å². The lowest BCUT2D eigenvalue weighted by Gasteiger charge is -2.31. The number of aromatic nitrogens is 2. The number of benzene rings is 3. The molecule has 0 radical (unpaired) electrons. The van der Waals surface area contributed by atoms with Gasteiger partial charge in [-0.2, -0.15) is 5.10 Å². The van der Waals surface area contributed by atoms with E-state index in [2.05, 4.69) is 86.3 Å². The molecule has 1 aliphatic heterocycles. The van der Waals surface area contributed by atoms with Crippen LogP contribution < -0.4 is 4.74 Å². The summed E-state index contributed by atoms with van der Waals surface area (Å²) in [6.45, 7) is 11.3. The van der Waals surface area contributed by atoms with Gasteiger partial charge in [0, 0.05) is 5.56 Å². The molecule has 0 amide bonds. The number of piperidine rings is 1. The van der Waals surface area contributed by atoms with E-state index in [1.165, 1.54) is 76.9 Å². The normalized spacial score (nSPS) is 17.8. The Hall–Kier alpha value is -3.37. The van der Waals surface area contributed by atoms with Gasteiger partial charge in [0.05, 0.1) is 19.0 Å². The lowest BCUT2D eigenvalue weighted by molar-refractivity contribution is 0.255. The van der Waals surface area contributed by atoms with Crippen molar-refractivity contribution in [3.8, 4) is 22.7 Å². The molecule has 0 bridgehead atoms. The number of rotatable bonds is 6. The summed E-state index contributed by atoms with van der Waals surface area (Å²) in [5, 5.41) is 4.65. The highest BCUT2D eigenvalue weighted by Crippen LogP contribution is 2.43. The highest BCUT2D eigenvalue weighted by molar-refractivity contribution is 5.73.